The standard InChI is InChI=1S/C25H20BrClN2O/c1-14-10-16(3)24-20(11-14)21(13-23(29-24)17-4-6-18(27)7-5-17)25(30)28-19-8-9-22(26)15(2)12-19/h4-13H,1-3H3,(H,28,30). The second kappa shape index (κ2) is 8.21. The maximum Gasteiger partial charge on any atom is 0.256 e. The van der Waals surface area contributed by atoms with Crippen LogP contribution in [0.4, 0.5) is 5.69 Å². The van der Waals surface area contributed by atoms with Gasteiger partial charge in [0, 0.05) is 26.1 Å². The lowest BCUT2D eigenvalue weighted by Crippen LogP contribution is -2.13. The van der Waals surface area contributed by atoms with Crippen LogP contribution in [0.3, 0.4) is 0 Å². The molecule has 1 aromatic heterocycles. The number of rotatable bonds is 3. The van der Waals surface area contributed by atoms with Crippen molar-refractivity contribution in [3.05, 3.63) is 92.4 Å². The number of benzene rings is 3. The zero-order chi connectivity index (χ0) is 21.4. The van der Waals surface area contributed by atoms with E-state index in [9.17, 15) is 4.79 Å². The molecule has 5 heteroatoms. The summed E-state index contributed by atoms with van der Waals surface area (Å²) in [5.74, 6) is -0.163. The van der Waals surface area contributed by atoms with Gasteiger partial charge in [-0.05, 0) is 74.4 Å². The minimum absolute atomic E-state index is 0.163. The highest BCUT2D eigenvalue weighted by atomic mass is 79.9. The number of hydrogen-bond acceptors (Lipinski definition) is 2. The maximum atomic E-state index is 13.3. The van der Waals surface area contributed by atoms with Gasteiger partial charge in [0.25, 0.3) is 5.91 Å². The third kappa shape index (κ3) is 4.11. The number of aryl methyl sites for hydroxylation is 3. The van der Waals surface area contributed by atoms with E-state index in [0.29, 0.717) is 10.6 Å². The number of nitrogens with zero attached hydrogens (tertiary/aromatic N) is 1. The van der Waals surface area contributed by atoms with Crippen molar-refractivity contribution in [3.8, 4) is 11.3 Å². The van der Waals surface area contributed by atoms with E-state index >= 15 is 0 Å². The SMILES string of the molecule is Cc1cc(C)c2nc(-c3ccc(Cl)cc3)cc(C(=O)Nc3ccc(Br)c(C)c3)c2c1. The van der Waals surface area contributed by atoms with Crippen LogP contribution in [0.15, 0.2) is 65.1 Å². The highest BCUT2D eigenvalue weighted by molar-refractivity contribution is 9.10. The summed E-state index contributed by atoms with van der Waals surface area (Å²) in [6.07, 6.45) is 0. The van der Waals surface area contributed by atoms with E-state index in [0.717, 1.165) is 49.0 Å². The van der Waals surface area contributed by atoms with Gasteiger partial charge in [0.2, 0.25) is 0 Å². The van der Waals surface area contributed by atoms with Gasteiger partial charge < -0.3 is 5.32 Å². The van der Waals surface area contributed by atoms with E-state index in [1.165, 1.54) is 0 Å². The second-order valence-electron chi connectivity index (χ2n) is 7.46. The summed E-state index contributed by atoms with van der Waals surface area (Å²) >= 11 is 9.54. The summed E-state index contributed by atoms with van der Waals surface area (Å²) in [6.45, 7) is 6.04. The van der Waals surface area contributed by atoms with E-state index in [2.05, 4.69) is 27.3 Å². The smallest absolute Gasteiger partial charge is 0.256 e. The largest absolute Gasteiger partial charge is 0.322 e. The molecule has 1 N–H and O–H groups in total. The summed E-state index contributed by atoms with van der Waals surface area (Å²) in [7, 11) is 0. The molecule has 1 amide bonds. The molecule has 0 atom stereocenters. The number of pyridine rings is 1. The normalized spacial score (nSPS) is 11.0. The van der Waals surface area contributed by atoms with Gasteiger partial charge >= 0.3 is 0 Å². The van der Waals surface area contributed by atoms with Gasteiger partial charge in [-0.2, -0.15) is 0 Å². The molecule has 3 nitrogen and oxygen atoms in total. The molecule has 150 valence electrons. The number of anilines is 1. The summed E-state index contributed by atoms with van der Waals surface area (Å²) in [4.78, 5) is 18.2. The monoisotopic (exact) mass is 478 g/mol. The zero-order valence-corrected chi connectivity index (χ0v) is 19.2. The van der Waals surface area contributed by atoms with Crippen LogP contribution in [-0.2, 0) is 0 Å². The predicted molar refractivity (Wildman–Crippen MR) is 128 cm³/mol. The van der Waals surface area contributed by atoms with E-state index in [-0.39, 0.29) is 5.91 Å². The molecule has 30 heavy (non-hydrogen) atoms. The van der Waals surface area contributed by atoms with Crippen LogP contribution in [0.2, 0.25) is 5.02 Å². The molecule has 0 spiro atoms. The maximum absolute atomic E-state index is 13.3. The van der Waals surface area contributed by atoms with Crippen molar-refractivity contribution in [3.63, 3.8) is 0 Å². The first-order chi connectivity index (χ1) is 14.3. The second-order valence-corrected chi connectivity index (χ2v) is 8.75. The molecule has 0 saturated heterocycles. The van der Waals surface area contributed by atoms with Crippen molar-refractivity contribution < 1.29 is 4.79 Å². The highest BCUT2D eigenvalue weighted by Crippen LogP contribution is 2.29. The quantitative estimate of drug-likeness (QED) is 0.330. The average molecular weight is 480 g/mol. The number of carbonyl (C=O) groups excluding carboxylic acids is 1. The summed E-state index contributed by atoms with van der Waals surface area (Å²) in [5.41, 5.74) is 7.01. The first-order valence-corrected chi connectivity index (χ1v) is 10.7. The van der Waals surface area contributed by atoms with Crippen LogP contribution in [0.1, 0.15) is 27.0 Å². The molecule has 0 aliphatic heterocycles. The predicted octanol–water partition coefficient (Wildman–Crippen LogP) is 7.50. The lowest BCUT2D eigenvalue weighted by molar-refractivity contribution is 0.102. The van der Waals surface area contributed by atoms with Gasteiger partial charge in [-0.3, -0.25) is 4.79 Å². The Morgan fingerprint density at radius 1 is 0.933 bits per heavy atom. The van der Waals surface area contributed by atoms with Crippen LogP contribution in [-0.4, -0.2) is 10.9 Å². The lowest BCUT2D eigenvalue weighted by Gasteiger charge is -2.13. The van der Waals surface area contributed by atoms with Crippen molar-refractivity contribution in [2.45, 2.75) is 20.8 Å². The van der Waals surface area contributed by atoms with Gasteiger partial charge in [0.1, 0.15) is 0 Å². The van der Waals surface area contributed by atoms with E-state index in [1.54, 1.807) is 0 Å². The fraction of sp³-hybridized carbons (Fsp3) is 0.120. The number of hydrogen-bond donors (Lipinski definition) is 1. The number of halogens is 2. The van der Waals surface area contributed by atoms with Crippen molar-refractivity contribution in [1.82, 2.24) is 4.98 Å². The minimum Gasteiger partial charge on any atom is -0.322 e. The molecule has 0 bridgehead atoms. The molecular formula is C25H20BrClN2O. The Hall–Kier alpha value is -2.69. The summed E-state index contributed by atoms with van der Waals surface area (Å²) < 4.78 is 1.01. The fourth-order valence-electron chi connectivity index (χ4n) is 3.56. The Balaban J connectivity index is 1.86. The fourth-order valence-corrected chi connectivity index (χ4v) is 3.93. The number of fused-ring (bicyclic) bond motifs is 1. The molecular weight excluding hydrogens is 460 g/mol. The summed E-state index contributed by atoms with van der Waals surface area (Å²) in [6, 6.07) is 19.2. The molecule has 4 rings (SSSR count). The van der Waals surface area contributed by atoms with Gasteiger partial charge in [0.15, 0.2) is 0 Å². The van der Waals surface area contributed by atoms with Crippen molar-refractivity contribution >= 4 is 50.0 Å². The lowest BCUT2D eigenvalue weighted by atomic mass is 9.99. The van der Waals surface area contributed by atoms with Gasteiger partial charge in [-0.25, -0.2) is 4.98 Å². The average Bonchev–Trinajstić information content (AvgIpc) is 2.70. The Morgan fingerprint density at radius 2 is 1.67 bits per heavy atom. The van der Waals surface area contributed by atoms with Crippen LogP contribution in [0.5, 0.6) is 0 Å². The summed E-state index contributed by atoms with van der Waals surface area (Å²) in [5, 5.41) is 4.54. The molecule has 0 fully saturated rings. The zero-order valence-electron chi connectivity index (χ0n) is 16.9. The topological polar surface area (TPSA) is 42.0 Å². The minimum atomic E-state index is -0.163. The number of carbonyl (C=O) groups is 1. The van der Waals surface area contributed by atoms with Crippen LogP contribution in [0.25, 0.3) is 22.2 Å². The molecule has 1 heterocycles. The van der Waals surface area contributed by atoms with Gasteiger partial charge in [-0.1, -0.05) is 51.3 Å². The van der Waals surface area contributed by atoms with Crippen LogP contribution >= 0.6 is 27.5 Å². The van der Waals surface area contributed by atoms with Crippen molar-refractivity contribution in [2.75, 3.05) is 5.32 Å². The van der Waals surface area contributed by atoms with E-state index in [1.807, 2.05) is 75.4 Å². The molecule has 0 aliphatic rings. The third-order valence-corrected chi connectivity index (χ3v) is 6.19. The van der Waals surface area contributed by atoms with Crippen LogP contribution in [0, 0.1) is 20.8 Å². The molecule has 0 unspecified atom stereocenters. The highest BCUT2D eigenvalue weighted by Gasteiger charge is 2.16. The van der Waals surface area contributed by atoms with Crippen molar-refractivity contribution in [2.24, 2.45) is 0 Å². The number of amides is 1. The number of nitrogens with one attached hydrogen (secondary N) is 1. The Bertz CT molecular complexity index is 1280. The van der Waals surface area contributed by atoms with Crippen molar-refractivity contribution in [1.29, 1.82) is 0 Å². The Morgan fingerprint density at radius 3 is 2.37 bits per heavy atom. The first-order valence-electron chi connectivity index (χ1n) is 9.57. The Labute approximate surface area is 189 Å². The molecule has 3 aromatic carbocycles. The van der Waals surface area contributed by atoms with Gasteiger partial charge in [-0.15, -0.1) is 0 Å². The molecule has 0 aliphatic carbocycles. The van der Waals surface area contributed by atoms with Crippen LogP contribution < -0.4 is 5.32 Å². The van der Waals surface area contributed by atoms with E-state index in [4.69, 9.17) is 16.6 Å². The molecule has 4 aromatic rings. The number of aromatic nitrogens is 1. The third-order valence-electron chi connectivity index (χ3n) is 5.05. The molecule has 0 radical (unpaired) electrons. The Kier molecular flexibility index (Phi) is 5.63. The van der Waals surface area contributed by atoms with Gasteiger partial charge in [0.05, 0.1) is 16.8 Å². The molecule has 0 saturated carbocycles. The first kappa shape index (κ1) is 20.6. The van der Waals surface area contributed by atoms with E-state index < -0.39 is 0 Å².